The fourth-order valence-electron chi connectivity index (χ4n) is 2.92. The molecule has 5 nitrogen and oxygen atoms in total. The third-order valence-corrected chi connectivity index (χ3v) is 4.28. The van der Waals surface area contributed by atoms with Gasteiger partial charge in [-0.3, -0.25) is 9.48 Å². The largest absolute Gasteiger partial charge is 0.455 e. The van der Waals surface area contributed by atoms with Crippen LogP contribution in [0, 0.1) is 13.8 Å². The van der Waals surface area contributed by atoms with Gasteiger partial charge in [0.1, 0.15) is 11.3 Å². The van der Waals surface area contributed by atoms with E-state index in [1.807, 2.05) is 36.9 Å². The van der Waals surface area contributed by atoms with Crippen molar-refractivity contribution in [3.63, 3.8) is 0 Å². The minimum atomic E-state index is -0.218. The van der Waals surface area contributed by atoms with Crippen molar-refractivity contribution in [2.45, 2.75) is 46.7 Å². The molecule has 1 atom stereocenters. The Hall–Kier alpha value is -2.40. The average molecular weight is 325 g/mol. The van der Waals surface area contributed by atoms with Gasteiger partial charge < -0.3 is 10.2 Å². The molecule has 0 aliphatic carbocycles. The summed E-state index contributed by atoms with van der Waals surface area (Å²) in [4.78, 5) is 12.9. The number of aromatic nitrogens is 2. The molecular weight excluding hydrogens is 302 g/mol. The van der Waals surface area contributed by atoms with Crippen LogP contribution in [0.5, 0.6) is 0 Å². The van der Waals surface area contributed by atoms with Gasteiger partial charge in [-0.15, -0.1) is 0 Å². The Bertz CT molecular complexity index is 965. The highest BCUT2D eigenvalue weighted by Gasteiger charge is 2.18. The first-order valence-corrected chi connectivity index (χ1v) is 8.17. The molecule has 2 aromatic heterocycles. The summed E-state index contributed by atoms with van der Waals surface area (Å²) < 4.78 is 8.01. The number of fused-ring (bicyclic) bond motifs is 1. The van der Waals surface area contributed by atoms with Crippen molar-refractivity contribution in [3.8, 4) is 11.3 Å². The SMILES string of the molecule is Cc1cc([C@@H](C)N)c2oc(-c3cnn(C(C)C)c3)c(C)c(=O)c2c1. The second-order valence-corrected chi connectivity index (χ2v) is 6.71. The van der Waals surface area contributed by atoms with Crippen molar-refractivity contribution in [3.05, 3.63) is 51.4 Å². The van der Waals surface area contributed by atoms with Gasteiger partial charge in [-0.2, -0.15) is 5.10 Å². The fraction of sp³-hybridized carbons (Fsp3) is 0.368. The lowest BCUT2D eigenvalue weighted by molar-refractivity contribution is 0.532. The molecule has 3 aromatic rings. The van der Waals surface area contributed by atoms with Gasteiger partial charge >= 0.3 is 0 Å². The van der Waals surface area contributed by atoms with Gasteiger partial charge in [0.25, 0.3) is 0 Å². The fourth-order valence-corrected chi connectivity index (χ4v) is 2.92. The van der Waals surface area contributed by atoms with E-state index in [1.165, 1.54) is 0 Å². The van der Waals surface area contributed by atoms with Crippen LogP contribution in [0.4, 0.5) is 0 Å². The molecule has 0 radical (unpaired) electrons. The number of hydrogen-bond acceptors (Lipinski definition) is 4. The Morgan fingerprint density at radius 1 is 1.21 bits per heavy atom. The topological polar surface area (TPSA) is 74.0 Å². The van der Waals surface area contributed by atoms with Crippen molar-refractivity contribution in [1.82, 2.24) is 9.78 Å². The van der Waals surface area contributed by atoms with Crippen molar-refractivity contribution >= 4 is 11.0 Å². The van der Waals surface area contributed by atoms with Crippen LogP contribution in [0.1, 0.15) is 49.5 Å². The van der Waals surface area contributed by atoms with Gasteiger partial charge in [0.2, 0.25) is 0 Å². The highest BCUT2D eigenvalue weighted by molar-refractivity contribution is 5.84. The normalized spacial score (nSPS) is 13.0. The molecule has 0 saturated carbocycles. The summed E-state index contributed by atoms with van der Waals surface area (Å²) in [6, 6.07) is 3.87. The van der Waals surface area contributed by atoms with E-state index in [4.69, 9.17) is 10.2 Å². The molecule has 3 rings (SSSR count). The van der Waals surface area contributed by atoms with Gasteiger partial charge in [-0.1, -0.05) is 6.07 Å². The molecule has 126 valence electrons. The van der Waals surface area contributed by atoms with Crippen LogP contribution in [-0.2, 0) is 0 Å². The summed E-state index contributed by atoms with van der Waals surface area (Å²) in [5.74, 6) is 0.560. The monoisotopic (exact) mass is 325 g/mol. The van der Waals surface area contributed by atoms with E-state index >= 15 is 0 Å². The lowest BCUT2D eigenvalue weighted by atomic mass is 10.00. The van der Waals surface area contributed by atoms with E-state index in [-0.39, 0.29) is 17.5 Å². The molecule has 0 bridgehead atoms. The van der Waals surface area contributed by atoms with E-state index < -0.39 is 0 Å². The zero-order valence-corrected chi connectivity index (χ0v) is 14.8. The zero-order chi connectivity index (χ0) is 17.6. The summed E-state index contributed by atoms with van der Waals surface area (Å²) in [7, 11) is 0. The summed E-state index contributed by atoms with van der Waals surface area (Å²) in [5, 5.41) is 4.93. The standard InChI is InChI=1S/C19H23N3O2/c1-10(2)22-9-14(8-21-22)18-12(4)17(23)16-7-11(3)6-15(13(5)20)19(16)24-18/h6-10,13H,20H2,1-5H3/t13-/m1/s1. The molecule has 0 aliphatic rings. The summed E-state index contributed by atoms with van der Waals surface area (Å²) >= 11 is 0. The quantitative estimate of drug-likeness (QED) is 0.793. The first-order valence-electron chi connectivity index (χ1n) is 8.17. The lowest BCUT2D eigenvalue weighted by Gasteiger charge is -2.13. The van der Waals surface area contributed by atoms with E-state index in [9.17, 15) is 4.79 Å². The molecule has 24 heavy (non-hydrogen) atoms. The number of aryl methyl sites for hydroxylation is 1. The maximum absolute atomic E-state index is 12.9. The summed E-state index contributed by atoms with van der Waals surface area (Å²) in [6.07, 6.45) is 3.64. The third-order valence-electron chi connectivity index (χ3n) is 4.28. The van der Waals surface area contributed by atoms with Gasteiger partial charge in [-0.25, -0.2) is 0 Å². The van der Waals surface area contributed by atoms with Gasteiger partial charge in [0.05, 0.1) is 17.1 Å². The lowest BCUT2D eigenvalue weighted by Crippen LogP contribution is -2.12. The summed E-state index contributed by atoms with van der Waals surface area (Å²) in [5.41, 5.74) is 9.88. The van der Waals surface area contributed by atoms with Crippen molar-refractivity contribution in [2.75, 3.05) is 0 Å². The van der Waals surface area contributed by atoms with Gasteiger partial charge in [0, 0.05) is 29.4 Å². The number of nitrogens with two attached hydrogens (primary N) is 1. The first-order chi connectivity index (χ1) is 11.3. The van der Waals surface area contributed by atoms with Crippen LogP contribution >= 0.6 is 0 Å². The van der Waals surface area contributed by atoms with E-state index in [0.717, 1.165) is 16.7 Å². The van der Waals surface area contributed by atoms with E-state index in [1.54, 1.807) is 13.1 Å². The molecular formula is C19H23N3O2. The minimum Gasteiger partial charge on any atom is -0.455 e. The second-order valence-electron chi connectivity index (χ2n) is 6.71. The molecule has 0 amide bonds. The molecule has 0 saturated heterocycles. The molecule has 5 heteroatoms. The van der Waals surface area contributed by atoms with Crippen molar-refractivity contribution in [2.24, 2.45) is 5.73 Å². The predicted octanol–water partition coefficient (Wildman–Crippen LogP) is 3.87. The number of benzene rings is 1. The number of nitrogens with zero attached hydrogens (tertiary/aromatic N) is 2. The van der Waals surface area contributed by atoms with E-state index in [0.29, 0.717) is 22.3 Å². The molecule has 0 fully saturated rings. The Morgan fingerprint density at radius 3 is 2.50 bits per heavy atom. The van der Waals surface area contributed by atoms with Crippen LogP contribution in [0.3, 0.4) is 0 Å². The third kappa shape index (κ3) is 2.65. The Labute approximate surface area is 141 Å². The summed E-state index contributed by atoms with van der Waals surface area (Å²) in [6.45, 7) is 9.75. The minimum absolute atomic E-state index is 0.0193. The molecule has 0 spiro atoms. The zero-order valence-electron chi connectivity index (χ0n) is 14.8. The van der Waals surface area contributed by atoms with Crippen LogP contribution < -0.4 is 11.2 Å². The molecule has 2 N–H and O–H groups in total. The smallest absolute Gasteiger partial charge is 0.196 e. The van der Waals surface area contributed by atoms with Crippen LogP contribution in [0.25, 0.3) is 22.3 Å². The molecule has 0 aliphatic heterocycles. The maximum atomic E-state index is 12.9. The van der Waals surface area contributed by atoms with Gasteiger partial charge in [0.15, 0.2) is 5.43 Å². The van der Waals surface area contributed by atoms with Crippen LogP contribution in [-0.4, -0.2) is 9.78 Å². The van der Waals surface area contributed by atoms with Crippen molar-refractivity contribution < 1.29 is 4.42 Å². The predicted molar refractivity (Wildman–Crippen MR) is 96.2 cm³/mol. The highest BCUT2D eigenvalue weighted by atomic mass is 16.3. The average Bonchev–Trinajstić information content (AvgIpc) is 3.00. The van der Waals surface area contributed by atoms with Crippen LogP contribution in [0.15, 0.2) is 33.7 Å². The molecule has 0 unspecified atom stereocenters. The highest BCUT2D eigenvalue weighted by Crippen LogP contribution is 2.30. The maximum Gasteiger partial charge on any atom is 0.196 e. The Kier molecular flexibility index (Phi) is 4.05. The first kappa shape index (κ1) is 16.5. The number of rotatable bonds is 3. The van der Waals surface area contributed by atoms with Crippen molar-refractivity contribution in [1.29, 1.82) is 0 Å². The molecule has 2 heterocycles. The van der Waals surface area contributed by atoms with Gasteiger partial charge in [-0.05, 0) is 46.2 Å². The Morgan fingerprint density at radius 2 is 1.92 bits per heavy atom. The molecule has 1 aromatic carbocycles. The second kappa shape index (κ2) is 5.91. The number of hydrogen-bond donors (Lipinski definition) is 1. The van der Waals surface area contributed by atoms with Crippen LogP contribution in [0.2, 0.25) is 0 Å². The Balaban J connectivity index is 2.33. The van der Waals surface area contributed by atoms with E-state index in [2.05, 4.69) is 18.9 Å².